The molecule has 2 N–H and O–H groups in total. The highest BCUT2D eigenvalue weighted by Crippen LogP contribution is 2.33. The van der Waals surface area contributed by atoms with Crippen LogP contribution in [0.2, 0.25) is 0 Å². The molecule has 0 amide bonds. The van der Waals surface area contributed by atoms with E-state index in [4.69, 9.17) is 4.42 Å². The zero-order valence-electron chi connectivity index (χ0n) is 15.3. The first-order valence-electron chi connectivity index (χ1n) is 9.78. The summed E-state index contributed by atoms with van der Waals surface area (Å²) < 4.78 is 18.0. The normalized spacial score (nSPS) is 20.2. The molecule has 0 bridgehead atoms. The maximum absolute atomic E-state index is 12.9. The molecule has 5 heteroatoms. The molecule has 4 nitrogen and oxygen atoms in total. The Kier molecular flexibility index (Phi) is 5.39. The van der Waals surface area contributed by atoms with Crippen LogP contribution in [-0.4, -0.2) is 17.6 Å². The number of aromatic nitrogens is 1. The van der Waals surface area contributed by atoms with Crippen molar-refractivity contribution < 1.29 is 8.81 Å². The van der Waals surface area contributed by atoms with Gasteiger partial charge in [0.05, 0.1) is 5.52 Å². The smallest absolute Gasteiger partial charge is 0.408 e. The fourth-order valence-electron chi connectivity index (χ4n) is 4.10. The van der Waals surface area contributed by atoms with E-state index in [1.807, 2.05) is 18.2 Å². The van der Waals surface area contributed by atoms with Crippen molar-refractivity contribution in [2.24, 2.45) is 0 Å². The first-order valence-corrected chi connectivity index (χ1v) is 9.78. The lowest BCUT2D eigenvalue weighted by molar-refractivity contribution is 0.342. The lowest BCUT2D eigenvalue weighted by Crippen LogP contribution is -2.33. The Hall–Kier alpha value is -2.40. The van der Waals surface area contributed by atoms with Crippen molar-refractivity contribution in [3.8, 4) is 0 Å². The first kappa shape index (κ1) is 18.0. The summed E-state index contributed by atoms with van der Waals surface area (Å²) in [6.45, 7) is 0.995. The zero-order valence-corrected chi connectivity index (χ0v) is 15.3. The van der Waals surface area contributed by atoms with Crippen LogP contribution in [0.3, 0.4) is 0 Å². The van der Waals surface area contributed by atoms with Gasteiger partial charge in [0, 0.05) is 6.04 Å². The number of H-pyrrole nitrogens is 1. The summed E-state index contributed by atoms with van der Waals surface area (Å²) >= 11 is 0. The van der Waals surface area contributed by atoms with Crippen LogP contribution < -0.4 is 11.1 Å². The summed E-state index contributed by atoms with van der Waals surface area (Å²) in [4.78, 5) is 14.0. The van der Waals surface area contributed by atoms with Gasteiger partial charge in [-0.25, -0.2) is 9.18 Å². The van der Waals surface area contributed by atoms with Crippen LogP contribution in [0.5, 0.6) is 0 Å². The second-order valence-corrected chi connectivity index (χ2v) is 7.50. The van der Waals surface area contributed by atoms with Crippen LogP contribution >= 0.6 is 0 Å². The number of hydrogen-bond acceptors (Lipinski definition) is 3. The van der Waals surface area contributed by atoms with Crippen molar-refractivity contribution in [1.29, 1.82) is 0 Å². The quantitative estimate of drug-likeness (QED) is 0.630. The highest BCUT2D eigenvalue weighted by molar-refractivity contribution is 5.72. The Morgan fingerprint density at radius 1 is 1.07 bits per heavy atom. The minimum atomic E-state index is -0.393. The molecule has 0 unspecified atom stereocenters. The van der Waals surface area contributed by atoms with Crippen LogP contribution in [0.1, 0.15) is 49.1 Å². The molecule has 1 saturated carbocycles. The minimum Gasteiger partial charge on any atom is -0.408 e. The molecule has 4 rings (SSSR count). The van der Waals surface area contributed by atoms with Gasteiger partial charge in [-0.15, -0.1) is 0 Å². The number of oxazole rings is 1. The largest absolute Gasteiger partial charge is 0.417 e. The molecule has 0 spiro atoms. The third-order valence-electron chi connectivity index (χ3n) is 5.63. The monoisotopic (exact) mass is 368 g/mol. The molecule has 1 aliphatic carbocycles. The van der Waals surface area contributed by atoms with E-state index in [0.717, 1.165) is 37.7 Å². The Morgan fingerprint density at radius 2 is 1.85 bits per heavy atom. The fourth-order valence-corrected chi connectivity index (χ4v) is 4.10. The maximum atomic E-state index is 12.9. The van der Waals surface area contributed by atoms with Crippen molar-refractivity contribution >= 4 is 11.1 Å². The van der Waals surface area contributed by atoms with E-state index in [1.54, 1.807) is 0 Å². The van der Waals surface area contributed by atoms with Gasteiger partial charge in [-0.05, 0) is 86.4 Å². The van der Waals surface area contributed by atoms with Crippen molar-refractivity contribution in [2.75, 3.05) is 6.54 Å². The molecule has 1 heterocycles. The Morgan fingerprint density at radius 3 is 2.63 bits per heavy atom. The predicted octanol–water partition coefficient (Wildman–Crippen LogP) is 4.51. The van der Waals surface area contributed by atoms with E-state index in [1.165, 1.54) is 36.1 Å². The standard InChI is InChI=1S/C22H25FN2O2/c23-18-8-3-15(4-9-18)2-1-13-24-19-10-5-16(6-11-19)17-7-12-21-20(14-17)25-22(26)27-21/h3-4,7-9,12,14,16,19,24H,1-2,5-6,10-11,13H2,(H,25,26). The topological polar surface area (TPSA) is 58.0 Å². The number of benzene rings is 2. The van der Waals surface area contributed by atoms with Gasteiger partial charge in [-0.2, -0.15) is 0 Å². The van der Waals surface area contributed by atoms with Crippen LogP contribution in [0.4, 0.5) is 4.39 Å². The third kappa shape index (κ3) is 4.48. The van der Waals surface area contributed by atoms with E-state index in [0.29, 0.717) is 17.5 Å². The van der Waals surface area contributed by atoms with Gasteiger partial charge < -0.3 is 9.73 Å². The van der Waals surface area contributed by atoms with Crippen molar-refractivity contribution in [3.05, 3.63) is 70.0 Å². The first-order chi connectivity index (χ1) is 13.2. The molecule has 1 fully saturated rings. The molecule has 0 atom stereocenters. The maximum Gasteiger partial charge on any atom is 0.417 e. The second kappa shape index (κ2) is 8.09. The summed E-state index contributed by atoms with van der Waals surface area (Å²) in [5.74, 6) is -0.0207. The van der Waals surface area contributed by atoms with Gasteiger partial charge in [-0.1, -0.05) is 18.2 Å². The van der Waals surface area contributed by atoms with Crippen molar-refractivity contribution in [2.45, 2.75) is 50.5 Å². The Balaban J connectivity index is 1.22. The van der Waals surface area contributed by atoms with E-state index in [-0.39, 0.29) is 5.82 Å². The lowest BCUT2D eigenvalue weighted by atomic mass is 9.81. The molecule has 27 heavy (non-hydrogen) atoms. The number of aromatic amines is 1. The number of rotatable bonds is 6. The van der Waals surface area contributed by atoms with Gasteiger partial charge in [-0.3, -0.25) is 4.98 Å². The fraction of sp³-hybridized carbons (Fsp3) is 0.409. The van der Waals surface area contributed by atoms with Crippen LogP contribution in [-0.2, 0) is 6.42 Å². The molecule has 142 valence electrons. The Labute approximate surface area is 157 Å². The van der Waals surface area contributed by atoms with Crippen molar-refractivity contribution in [1.82, 2.24) is 10.3 Å². The number of fused-ring (bicyclic) bond motifs is 1. The molecule has 1 aliphatic rings. The molecule has 0 radical (unpaired) electrons. The zero-order chi connectivity index (χ0) is 18.6. The number of halogens is 1. The van der Waals surface area contributed by atoms with Crippen LogP contribution in [0, 0.1) is 5.82 Å². The molecule has 0 aliphatic heterocycles. The van der Waals surface area contributed by atoms with E-state index >= 15 is 0 Å². The summed E-state index contributed by atoms with van der Waals surface area (Å²) in [5.41, 5.74) is 3.89. The molecule has 0 saturated heterocycles. The minimum absolute atomic E-state index is 0.174. The van der Waals surface area contributed by atoms with Gasteiger partial charge in [0.1, 0.15) is 5.82 Å². The third-order valence-corrected chi connectivity index (χ3v) is 5.63. The lowest BCUT2D eigenvalue weighted by Gasteiger charge is -2.29. The van der Waals surface area contributed by atoms with Gasteiger partial charge >= 0.3 is 5.76 Å². The molecular weight excluding hydrogens is 343 g/mol. The van der Waals surface area contributed by atoms with Gasteiger partial charge in [0.15, 0.2) is 5.58 Å². The van der Waals surface area contributed by atoms with Crippen LogP contribution in [0.25, 0.3) is 11.1 Å². The summed E-state index contributed by atoms with van der Waals surface area (Å²) in [6, 6.07) is 13.4. The number of nitrogens with one attached hydrogen (secondary N) is 2. The van der Waals surface area contributed by atoms with Gasteiger partial charge in [0.25, 0.3) is 0 Å². The summed E-state index contributed by atoms with van der Waals surface area (Å²) in [7, 11) is 0. The van der Waals surface area contributed by atoms with E-state index in [9.17, 15) is 9.18 Å². The molecular formula is C22H25FN2O2. The summed E-state index contributed by atoms with van der Waals surface area (Å²) in [5, 5.41) is 3.67. The molecule has 2 aromatic carbocycles. The summed E-state index contributed by atoms with van der Waals surface area (Å²) in [6.07, 6.45) is 6.69. The van der Waals surface area contributed by atoms with Crippen LogP contribution in [0.15, 0.2) is 51.7 Å². The highest BCUT2D eigenvalue weighted by atomic mass is 19.1. The Bertz CT molecular complexity index is 937. The number of hydrogen-bond donors (Lipinski definition) is 2. The molecule has 1 aromatic heterocycles. The average Bonchev–Trinajstić information content (AvgIpc) is 3.06. The highest BCUT2D eigenvalue weighted by Gasteiger charge is 2.22. The van der Waals surface area contributed by atoms with Gasteiger partial charge in [0.2, 0.25) is 0 Å². The molecule has 3 aromatic rings. The predicted molar refractivity (Wildman–Crippen MR) is 105 cm³/mol. The van der Waals surface area contributed by atoms with E-state index in [2.05, 4.69) is 22.4 Å². The van der Waals surface area contributed by atoms with E-state index < -0.39 is 5.76 Å². The second-order valence-electron chi connectivity index (χ2n) is 7.50. The number of aryl methyl sites for hydroxylation is 1. The average molecular weight is 368 g/mol. The van der Waals surface area contributed by atoms with Crippen molar-refractivity contribution in [3.63, 3.8) is 0 Å². The SMILES string of the molecule is O=c1[nH]c2cc(C3CCC(NCCCc4ccc(F)cc4)CC3)ccc2o1.